The highest BCUT2D eigenvalue weighted by Crippen LogP contribution is 2.25. The quantitative estimate of drug-likeness (QED) is 0.871. The molecule has 7 nitrogen and oxygen atoms in total. The van der Waals surface area contributed by atoms with Gasteiger partial charge >= 0.3 is 6.09 Å². The van der Waals surface area contributed by atoms with E-state index in [2.05, 4.69) is 10.4 Å². The number of halogens is 1. The predicted molar refractivity (Wildman–Crippen MR) is 105 cm³/mol. The normalized spacial score (nSPS) is 17.0. The molecule has 1 aliphatic rings. The monoisotopic (exact) mass is 390 g/mol. The summed E-state index contributed by atoms with van der Waals surface area (Å²) < 4.78 is 6.56. The first kappa shape index (κ1) is 19.2. The van der Waals surface area contributed by atoms with Crippen molar-refractivity contribution in [1.82, 2.24) is 15.1 Å². The van der Waals surface area contributed by atoms with Crippen molar-refractivity contribution in [2.75, 3.05) is 18.0 Å². The zero-order valence-electron chi connectivity index (χ0n) is 15.6. The summed E-state index contributed by atoms with van der Waals surface area (Å²) in [5, 5.41) is 7.23. The Hall–Kier alpha value is -2.54. The van der Waals surface area contributed by atoms with Crippen LogP contribution in [0.4, 0.5) is 10.5 Å². The molecule has 27 heavy (non-hydrogen) atoms. The topological polar surface area (TPSA) is 76.5 Å². The van der Waals surface area contributed by atoms with E-state index >= 15 is 0 Å². The number of rotatable bonds is 3. The van der Waals surface area contributed by atoms with Gasteiger partial charge < -0.3 is 15.0 Å². The van der Waals surface area contributed by atoms with Crippen LogP contribution in [0.25, 0.3) is 5.69 Å². The minimum Gasteiger partial charge on any atom is -0.444 e. The standard InChI is InChI=1S/C19H23ClN4O3/c1-19(2,3)27-18(26)22-13-9-10-23(12-13)15-11-21-24(17(25)16(15)20)14-7-5-4-6-8-14/h4-8,11,13H,9-10,12H2,1-3H3,(H,22,26). The Bertz CT molecular complexity index is 877. The van der Waals surface area contributed by atoms with Crippen molar-refractivity contribution in [3.63, 3.8) is 0 Å². The van der Waals surface area contributed by atoms with Crippen molar-refractivity contribution in [3.05, 3.63) is 51.9 Å². The van der Waals surface area contributed by atoms with Crippen molar-refractivity contribution in [2.45, 2.75) is 38.8 Å². The van der Waals surface area contributed by atoms with E-state index in [9.17, 15) is 9.59 Å². The van der Waals surface area contributed by atoms with Gasteiger partial charge in [-0.05, 0) is 39.3 Å². The van der Waals surface area contributed by atoms with Gasteiger partial charge in [-0.2, -0.15) is 9.78 Å². The largest absolute Gasteiger partial charge is 0.444 e. The van der Waals surface area contributed by atoms with Crippen LogP contribution in [0.2, 0.25) is 5.02 Å². The van der Waals surface area contributed by atoms with E-state index < -0.39 is 11.7 Å². The molecule has 1 saturated heterocycles. The highest BCUT2D eigenvalue weighted by molar-refractivity contribution is 6.33. The van der Waals surface area contributed by atoms with Gasteiger partial charge in [0.05, 0.1) is 23.6 Å². The maximum absolute atomic E-state index is 12.6. The van der Waals surface area contributed by atoms with Gasteiger partial charge in [-0.15, -0.1) is 0 Å². The fourth-order valence-corrected chi connectivity index (χ4v) is 3.22. The number of hydrogen-bond acceptors (Lipinski definition) is 5. The van der Waals surface area contributed by atoms with Gasteiger partial charge in [-0.25, -0.2) is 4.79 Å². The number of ether oxygens (including phenoxy) is 1. The van der Waals surface area contributed by atoms with Crippen molar-refractivity contribution < 1.29 is 9.53 Å². The molecule has 3 rings (SSSR count). The number of amides is 1. The summed E-state index contributed by atoms with van der Waals surface area (Å²) >= 11 is 6.34. The molecule has 0 aliphatic carbocycles. The molecule has 1 aromatic heterocycles. The Kier molecular flexibility index (Phi) is 5.41. The summed E-state index contributed by atoms with van der Waals surface area (Å²) in [6.45, 7) is 6.66. The maximum atomic E-state index is 12.6. The number of alkyl carbamates (subject to hydrolysis) is 1. The number of para-hydroxylation sites is 1. The second-order valence-electron chi connectivity index (χ2n) is 7.47. The summed E-state index contributed by atoms with van der Waals surface area (Å²) in [6, 6.07) is 9.04. The highest BCUT2D eigenvalue weighted by atomic mass is 35.5. The van der Waals surface area contributed by atoms with Gasteiger partial charge in [-0.1, -0.05) is 29.8 Å². The lowest BCUT2D eigenvalue weighted by molar-refractivity contribution is 0.0509. The molecule has 1 N–H and O–H groups in total. The van der Waals surface area contributed by atoms with Gasteiger partial charge in [0.15, 0.2) is 0 Å². The lowest BCUT2D eigenvalue weighted by atomic mass is 10.2. The van der Waals surface area contributed by atoms with E-state index in [1.54, 1.807) is 18.3 Å². The molecule has 1 unspecified atom stereocenters. The Morgan fingerprint density at radius 3 is 2.67 bits per heavy atom. The minimum atomic E-state index is -0.544. The van der Waals surface area contributed by atoms with Crippen LogP contribution in [0.3, 0.4) is 0 Å². The van der Waals surface area contributed by atoms with E-state index in [0.717, 1.165) is 6.42 Å². The predicted octanol–water partition coefficient (Wildman–Crippen LogP) is 2.99. The SMILES string of the molecule is CC(C)(C)OC(=O)NC1CCN(c2cnn(-c3ccccc3)c(=O)c2Cl)C1. The molecule has 8 heteroatoms. The molecule has 1 amide bonds. The third kappa shape index (κ3) is 4.60. The van der Waals surface area contributed by atoms with Crippen LogP contribution >= 0.6 is 11.6 Å². The van der Waals surface area contributed by atoms with E-state index in [4.69, 9.17) is 16.3 Å². The fraction of sp³-hybridized carbons (Fsp3) is 0.421. The van der Waals surface area contributed by atoms with Crippen LogP contribution in [0.5, 0.6) is 0 Å². The average Bonchev–Trinajstić information content (AvgIpc) is 3.04. The van der Waals surface area contributed by atoms with Gasteiger partial charge in [0, 0.05) is 13.1 Å². The zero-order chi connectivity index (χ0) is 19.6. The molecule has 1 fully saturated rings. The summed E-state index contributed by atoms with van der Waals surface area (Å²) in [4.78, 5) is 26.5. The van der Waals surface area contributed by atoms with Crippen molar-refractivity contribution in [1.29, 1.82) is 0 Å². The maximum Gasteiger partial charge on any atom is 0.407 e. The first-order valence-electron chi connectivity index (χ1n) is 8.82. The number of nitrogens with one attached hydrogen (secondary N) is 1. The highest BCUT2D eigenvalue weighted by Gasteiger charge is 2.28. The van der Waals surface area contributed by atoms with Gasteiger partial charge in [0.2, 0.25) is 0 Å². The Morgan fingerprint density at radius 1 is 1.30 bits per heavy atom. The lowest BCUT2D eigenvalue weighted by Gasteiger charge is -2.22. The molecule has 2 heterocycles. The van der Waals surface area contributed by atoms with Gasteiger partial charge in [0.25, 0.3) is 5.56 Å². The van der Waals surface area contributed by atoms with Gasteiger partial charge in [-0.3, -0.25) is 4.79 Å². The molecular weight excluding hydrogens is 368 g/mol. The van der Waals surface area contributed by atoms with E-state index in [1.807, 2.05) is 43.9 Å². The summed E-state index contributed by atoms with van der Waals surface area (Å²) in [5.74, 6) is 0. The molecule has 0 radical (unpaired) electrons. The number of carbonyl (C=O) groups excluding carboxylic acids is 1. The first-order valence-corrected chi connectivity index (χ1v) is 9.20. The first-order chi connectivity index (χ1) is 12.7. The Morgan fingerprint density at radius 2 is 2.00 bits per heavy atom. The van der Waals surface area contributed by atoms with Crippen molar-refractivity contribution >= 4 is 23.4 Å². The van der Waals surface area contributed by atoms with Crippen LogP contribution in [-0.4, -0.2) is 40.6 Å². The smallest absolute Gasteiger partial charge is 0.407 e. The summed E-state index contributed by atoms with van der Waals surface area (Å²) in [6.07, 6.45) is 1.88. The zero-order valence-corrected chi connectivity index (χ0v) is 16.4. The molecule has 1 atom stereocenters. The molecule has 0 spiro atoms. The summed E-state index contributed by atoms with van der Waals surface area (Å²) in [5.41, 5.74) is 0.311. The average molecular weight is 391 g/mol. The third-order valence-corrected chi connectivity index (χ3v) is 4.51. The van der Waals surface area contributed by atoms with E-state index in [-0.39, 0.29) is 16.6 Å². The van der Waals surface area contributed by atoms with Crippen LogP contribution in [0.15, 0.2) is 41.3 Å². The van der Waals surface area contributed by atoms with Crippen LogP contribution in [0, 0.1) is 0 Å². The number of aromatic nitrogens is 2. The van der Waals surface area contributed by atoms with Crippen LogP contribution < -0.4 is 15.8 Å². The van der Waals surface area contributed by atoms with Crippen molar-refractivity contribution in [3.8, 4) is 5.69 Å². The molecule has 2 aromatic rings. The molecule has 0 bridgehead atoms. The number of hydrogen-bond donors (Lipinski definition) is 1. The second kappa shape index (κ2) is 7.60. The molecule has 0 saturated carbocycles. The number of nitrogens with zero attached hydrogens (tertiary/aromatic N) is 3. The van der Waals surface area contributed by atoms with Crippen LogP contribution in [0.1, 0.15) is 27.2 Å². The Labute approximate surface area is 162 Å². The molecular formula is C19H23ClN4O3. The second-order valence-corrected chi connectivity index (χ2v) is 7.85. The lowest BCUT2D eigenvalue weighted by Crippen LogP contribution is -2.40. The van der Waals surface area contributed by atoms with E-state index in [0.29, 0.717) is 24.5 Å². The molecule has 1 aromatic carbocycles. The number of anilines is 1. The fourth-order valence-electron chi connectivity index (χ4n) is 2.97. The minimum absolute atomic E-state index is 0.0764. The van der Waals surface area contributed by atoms with Crippen LogP contribution in [-0.2, 0) is 4.74 Å². The number of benzene rings is 1. The van der Waals surface area contributed by atoms with Gasteiger partial charge in [0.1, 0.15) is 10.6 Å². The Balaban J connectivity index is 1.72. The van der Waals surface area contributed by atoms with E-state index in [1.165, 1.54) is 4.68 Å². The summed E-state index contributed by atoms with van der Waals surface area (Å²) in [7, 11) is 0. The molecule has 144 valence electrons. The van der Waals surface area contributed by atoms with Crippen molar-refractivity contribution in [2.24, 2.45) is 0 Å². The molecule has 1 aliphatic heterocycles. The third-order valence-electron chi connectivity index (χ3n) is 4.15. The number of carbonyl (C=O) groups is 1.